The summed E-state index contributed by atoms with van der Waals surface area (Å²) in [6, 6.07) is 27.0. The van der Waals surface area contributed by atoms with Gasteiger partial charge in [-0.25, -0.2) is 0 Å². The Hall–Kier alpha value is -3.25. The fourth-order valence-corrected chi connectivity index (χ4v) is 4.74. The number of hydrogen-bond acceptors (Lipinski definition) is 4. The lowest BCUT2D eigenvalue weighted by molar-refractivity contribution is -0.141. The van der Waals surface area contributed by atoms with Gasteiger partial charge >= 0.3 is 0 Å². The van der Waals surface area contributed by atoms with Crippen molar-refractivity contribution in [3.8, 4) is 5.75 Å². The minimum Gasteiger partial charge on any atom is -0.497 e. The maximum atomic E-state index is 13.7. The summed E-state index contributed by atoms with van der Waals surface area (Å²) < 4.78 is 5.40. The van der Waals surface area contributed by atoms with E-state index < -0.39 is 6.04 Å². The third-order valence-corrected chi connectivity index (χ3v) is 7.10. The zero-order valence-electron chi connectivity index (χ0n) is 21.4. The molecule has 0 saturated heterocycles. The number of hydrogen-bond donors (Lipinski definition) is 1. The summed E-state index contributed by atoms with van der Waals surface area (Å²) in [7, 11) is 1.63. The maximum absolute atomic E-state index is 13.7. The summed E-state index contributed by atoms with van der Waals surface area (Å²) >= 11 is 1.65. The van der Waals surface area contributed by atoms with Crippen LogP contribution in [0.2, 0.25) is 0 Å². The normalized spacial score (nSPS) is 12.4. The van der Waals surface area contributed by atoms with Crippen molar-refractivity contribution in [1.82, 2.24) is 10.2 Å². The highest BCUT2D eigenvalue weighted by atomic mass is 32.2. The average molecular weight is 505 g/mol. The van der Waals surface area contributed by atoms with Gasteiger partial charge in [-0.1, -0.05) is 67.6 Å². The Bertz CT molecular complexity index is 1090. The Kier molecular flexibility index (Phi) is 10.9. The SMILES string of the molecule is CCC(C)NC(=O)C(Cc1ccccc1)N(Cc1cccc(OC)c1)C(=O)CCSc1ccccc1. The van der Waals surface area contributed by atoms with Crippen LogP contribution in [0, 0.1) is 0 Å². The zero-order chi connectivity index (χ0) is 25.8. The largest absolute Gasteiger partial charge is 0.497 e. The molecule has 3 aromatic carbocycles. The fourth-order valence-electron chi connectivity index (χ4n) is 3.88. The van der Waals surface area contributed by atoms with Gasteiger partial charge in [0, 0.05) is 36.1 Å². The van der Waals surface area contributed by atoms with Crippen molar-refractivity contribution in [2.45, 2.75) is 56.6 Å². The third-order valence-electron chi connectivity index (χ3n) is 6.09. The van der Waals surface area contributed by atoms with Gasteiger partial charge in [0.1, 0.15) is 11.8 Å². The number of nitrogens with one attached hydrogen (secondary N) is 1. The highest BCUT2D eigenvalue weighted by molar-refractivity contribution is 7.99. The van der Waals surface area contributed by atoms with Crippen LogP contribution in [0.1, 0.15) is 37.8 Å². The average Bonchev–Trinajstić information content (AvgIpc) is 2.91. The smallest absolute Gasteiger partial charge is 0.243 e. The number of methoxy groups -OCH3 is 1. The van der Waals surface area contributed by atoms with Crippen LogP contribution in [0.4, 0.5) is 0 Å². The second-order valence-electron chi connectivity index (χ2n) is 8.81. The molecule has 0 aliphatic carbocycles. The van der Waals surface area contributed by atoms with Gasteiger partial charge in [0.2, 0.25) is 11.8 Å². The maximum Gasteiger partial charge on any atom is 0.243 e. The molecule has 2 atom stereocenters. The van der Waals surface area contributed by atoms with E-state index in [-0.39, 0.29) is 17.9 Å². The van der Waals surface area contributed by atoms with Gasteiger partial charge < -0.3 is 15.0 Å². The Balaban J connectivity index is 1.87. The topological polar surface area (TPSA) is 58.6 Å². The first kappa shape index (κ1) is 27.3. The third kappa shape index (κ3) is 8.45. The van der Waals surface area contributed by atoms with Gasteiger partial charge in [0.15, 0.2) is 0 Å². The Labute approximate surface area is 219 Å². The predicted molar refractivity (Wildman–Crippen MR) is 147 cm³/mol. The van der Waals surface area contributed by atoms with E-state index in [1.54, 1.807) is 23.8 Å². The number of thioether (sulfide) groups is 1. The molecule has 3 rings (SSSR count). The van der Waals surface area contributed by atoms with Gasteiger partial charge in [0.05, 0.1) is 7.11 Å². The molecule has 0 aliphatic rings. The molecule has 1 N–H and O–H groups in total. The van der Waals surface area contributed by atoms with Crippen molar-refractivity contribution >= 4 is 23.6 Å². The van der Waals surface area contributed by atoms with Crippen molar-refractivity contribution in [3.63, 3.8) is 0 Å². The highest BCUT2D eigenvalue weighted by Crippen LogP contribution is 2.22. The molecule has 0 bridgehead atoms. The van der Waals surface area contributed by atoms with E-state index in [0.29, 0.717) is 25.1 Å². The zero-order valence-corrected chi connectivity index (χ0v) is 22.2. The molecular weight excluding hydrogens is 468 g/mol. The van der Waals surface area contributed by atoms with Crippen LogP contribution >= 0.6 is 11.8 Å². The molecule has 0 fully saturated rings. The van der Waals surface area contributed by atoms with Crippen LogP contribution in [-0.2, 0) is 22.6 Å². The van der Waals surface area contributed by atoms with Gasteiger partial charge in [0.25, 0.3) is 0 Å². The first-order valence-electron chi connectivity index (χ1n) is 12.4. The first-order valence-corrected chi connectivity index (χ1v) is 13.4. The van der Waals surface area contributed by atoms with Gasteiger partial charge in [-0.15, -0.1) is 11.8 Å². The number of benzene rings is 3. The second-order valence-corrected chi connectivity index (χ2v) is 9.98. The quantitative estimate of drug-likeness (QED) is 0.302. The minimum absolute atomic E-state index is 0.0261. The molecule has 2 amide bonds. The Morgan fingerprint density at radius 2 is 1.61 bits per heavy atom. The molecule has 3 aromatic rings. The van der Waals surface area contributed by atoms with E-state index in [9.17, 15) is 9.59 Å². The van der Waals surface area contributed by atoms with Crippen LogP contribution in [-0.4, -0.2) is 41.7 Å². The number of ether oxygens (including phenoxy) is 1. The van der Waals surface area contributed by atoms with Crippen LogP contribution in [0.25, 0.3) is 0 Å². The van der Waals surface area contributed by atoms with E-state index in [1.807, 2.05) is 98.8 Å². The van der Waals surface area contributed by atoms with E-state index in [1.165, 1.54) is 0 Å². The fraction of sp³-hybridized carbons (Fsp3) is 0.333. The minimum atomic E-state index is -0.623. The summed E-state index contributed by atoms with van der Waals surface area (Å²) in [5, 5.41) is 3.11. The number of rotatable bonds is 13. The van der Waals surface area contributed by atoms with Gasteiger partial charge in [-0.3, -0.25) is 9.59 Å². The van der Waals surface area contributed by atoms with Crippen molar-refractivity contribution in [2.75, 3.05) is 12.9 Å². The Morgan fingerprint density at radius 1 is 0.944 bits per heavy atom. The molecule has 5 nitrogen and oxygen atoms in total. The molecule has 0 saturated carbocycles. The molecular formula is C30H36N2O3S. The molecule has 0 spiro atoms. The van der Waals surface area contributed by atoms with E-state index in [4.69, 9.17) is 4.74 Å². The van der Waals surface area contributed by atoms with Crippen LogP contribution in [0.15, 0.2) is 89.8 Å². The first-order chi connectivity index (χ1) is 17.5. The molecule has 0 aliphatic heterocycles. The molecule has 0 heterocycles. The summed E-state index contributed by atoms with van der Waals surface area (Å²) in [5.41, 5.74) is 1.94. The summed E-state index contributed by atoms with van der Waals surface area (Å²) in [6.45, 7) is 4.36. The lowest BCUT2D eigenvalue weighted by Gasteiger charge is -2.32. The molecule has 190 valence electrons. The van der Waals surface area contributed by atoms with Gasteiger partial charge in [-0.2, -0.15) is 0 Å². The summed E-state index contributed by atoms with van der Waals surface area (Å²) in [4.78, 5) is 30.1. The second kappa shape index (κ2) is 14.3. The summed E-state index contributed by atoms with van der Waals surface area (Å²) in [6.07, 6.45) is 1.61. The van der Waals surface area contributed by atoms with Crippen LogP contribution in [0.5, 0.6) is 5.75 Å². The van der Waals surface area contributed by atoms with E-state index in [0.717, 1.165) is 28.2 Å². The van der Waals surface area contributed by atoms with Crippen molar-refractivity contribution in [1.29, 1.82) is 0 Å². The number of carbonyl (C=O) groups is 2. The molecule has 6 heteroatoms. The van der Waals surface area contributed by atoms with E-state index in [2.05, 4.69) is 5.32 Å². The van der Waals surface area contributed by atoms with E-state index >= 15 is 0 Å². The molecule has 36 heavy (non-hydrogen) atoms. The lowest BCUT2D eigenvalue weighted by Crippen LogP contribution is -2.52. The van der Waals surface area contributed by atoms with Gasteiger partial charge in [-0.05, 0) is 48.7 Å². The van der Waals surface area contributed by atoms with Crippen molar-refractivity contribution in [3.05, 3.63) is 96.1 Å². The number of carbonyl (C=O) groups excluding carboxylic acids is 2. The standard InChI is InChI=1S/C30H36N2O3S/c1-4-23(2)31-30(34)28(21-24-12-7-5-8-13-24)32(22-25-14-11-15-26(20-25)35-3)29(33)18-19-36-27-16-9-6-10-17-27/h5-17,20,23,28H,4,18-19,21-22H2,1-3H3,(H,31,34). The number of amides is 2. The molecule has 2 unspecified atom stereocenters. The van der Waals surface area contributed by atoms with Crippen LogP contribution in [0.3, 0.4) is 0 Å². The van der Waals surface area contributed by atoms with Crippen molar-refractivity contribution < 1.29 is 14.3 Å². The molecule has 0 radical (unpaired) electrons. The predicted octanol–water partition coefficient (Wildman–Crippen LogP) is 5.73. The Morgan fingerprint density at radius 3 is 2.28 bits per heavy atom. The monoisotopic (exact) mass is 504 g/mol. The molecule has 0 aromatic heterocycles. The highest BCUT2D eigenvalue weighted by Gasteiger charge is 2.30. The van der Waals surface area contributed by atoms with Crippen LogP contribution < -0.4 is 10.1 Å². The number of nitrogens with zero attached hydrogens (tertiary/aromatic N) is 1. The lowest BCUT2D eigenvalue weighted by atomic mass is 10.0. The van der Waals surface area contributed by atoms with Crippen molar-refractivity contribution in [2.24, 2.45) is 0 Å². The summed E-state index contributed by atoms with van der Waals surface area (Å²) in [5.74, 6) is 1.20.